The molecule has 22 heavy (non-hydrogen) atoms. The van der Waals surface area contributed by atoms with Crippen molar-refractivity contribution in [3.05, 3.63) is 64.0 Å². The summed E-state index contributed by atoms with van der Waals surface area (Å²) >= 11 is 11.9. The maximum atomic E-state index is 13.3. The molecular formula is C16H11Cl2FN2O. The van der Waals surface area contributed by atoms with E-state index in [1.165, 1.54) is 12.1 Å². The lowest BCUT2D eigenvalue weighted by Crippen LogP contribution is -2.14. The van der Waals surface area contributed by atoms with Gasteiger partial charge in [-0.15, -0.1) is 0 Å². The van der Waals surface area contributed by atoms with Crippen LogP contribution in [0, 0.1) is 5.82 Å². The largest absolute Gasteiger partial charge is 0.361 e. The van der Waals surface area contributed by atoms with Gasteiger partial charge in [0.15, 0.2) is 0 Å². The van der Waals surface area contributed by atoms with Crippen molar-refractivity contribution < 1.29 is 9.18 Å². The highest BCUT2D eigenvalue weighted by molar-refractivity contribution is 6.44. The third-order valence-electron chi connectivity index (χ3n) is 3.31. The quantitative estimate of drug-likeness (QED) is 0.709. The van der Waals surface area contributed by atoms with Crippen LogP contribution in [0.5, 0.6) is 0 Å². The fourth-order valence-electron chi connectivity index (χ4n) is 2.26. The molecule has 1 heterocycles. The number of hydrogen-bond acceptors (Lipinski definition) is 1. The van der Waals surface area contributed by atoms with Crippen LogP contribution in [-0.2, 0) is 11.2 Å². The van der Waals surface area contributed by atoms with Gasteiger partial charge < -0.3 is 10.3 Å². The smallest absolute Gasteiger partial charge is 0.228 e. The minimum absolute atomic E-state index is 0.103. The molecule has 0 unspecified atom stereocenters. The number of rotatable bonds is 3. The van der Waals surface area contributed by atoms with E-state index in [2.05, 4.69) is 10.3 Å². The highest BCUT2D eigenvalue weighted by Crippen LogP contribution is 2.29. The Bertz CT molecular complexity index is 860. The molecule has 0 radical (unpaired) electrons. The van der Waals surface area contributed by atoms with Crippen LogP contribution >= 0.6 is 23.2 Å². The van der Waals surface area contributed by atoms with Gasteiger partial charge in [0.25, 0.3) is 0 Å². The fraction of sp³-hybridized carbons (Fsp3) is 0.0625. The average molecular weight is 337 g/mol. The van der Waals surface area contributed by atoms with Crippen molar-refractivity contribution in [1.29, 1.82) is 0 Å². The van der Waals surface area contributed by atoms with Crippen molar-refractivity contribution in [3.8, 4) is 0 Å². The number of nitrogens with one attached hydrogen (secondary N) is 2. The van der Waals surface area contributed by atoms with Gasteiger partial charge in [0.2, 0.25) is 5.91 Å². The molecule has 1 aromatic heterocycles. The molecule has 3 aromatic rings. The number of benzene rings is 2. The van der Waals surface area contributed by atoms with Crippen LogP contribution in [0.2, 0.25) is 10.0 Å². The standard InChI is InChI=1S/C16H11Cl2FN2O/c17-12-2-1-3-14(16(12)18)21-15(22)6-9-8-20-13-5-4-10(19)7-11(9)13/h1-5,7-8,20H,6H2,(H,21,22). The summed E-state index contributed by atoms with van der Waals surface area (Å²) in [5.41, 5.74) is 1.94. The molecule has 0 aliphatic heterocycles. The Kier molecular flexibility index (Phi) is 4.05. The van der Waals surface area contributed by atoms with Crippen molar-refractivity contribution in [2.24, 2.45) is 0 Å². The molecule has 112 valence electrons. The number of H-pyrrole nitrogens is 1. The number of aromatic amines is 1. The SMILES string of the molecule is O=C(Cc1c[nH]c2ccc(F)cc12)Nc1cccc(Cl)c1Cl. The third-order valence-corrected chi connectivity index (χ3v) is 4.13. The Balaban J connectivity index is 1.81. The van der Waals surface area contributed by atoms with Gasteiger partial charge in [-0.1, -0.05) is 29.3 Å². The Morgan fingerprint density at radius 1 is 1.23 bits per heavy atom. The molecule has 2 aromatic carbocycles. The number of carbonyl (C=O) groups is 1. The van der Waals surface area contributed by atoms with Gasteiger partial charge in [0, 0.05) is 17.1 Å². The lowest BCUT2D eigenvalue weighted by Gasteiger charge is -2.07. The number of halogens is 3. The topological polar surface area (TPSA) is 44.9 Å². The number of fused-ring (bicyclic) bond motifs is 1. The van der Waals surface area contributed by atoms with Crippen LogP contribution in [0.1, 0.15) is 5.56 Å². The zero-order chi connectivity index (χ0) is 15.7. The zero-order valence-electron chi connectivity index (χ0n) is 11.3. The van der Waals surface area contributed by atoms with E-state index in [1.807, 2.05) is 0 Å². The van der Waals surface area contributed by atoms with Gasteiger partial charge in [-0.25, -0.2) is 4.39 Å². The molecule has 0 saturated carbocycles. The third kappa shape index (κ3) is 2.93. The van der Waals surface area contributed by atoms with Gasteiger partial charge in [-0.2, -0.15) is 0 Å². The Labute approximate surface area is 136 Å². The maximum absolute atomic E-state index is 13.3. The summed E-state index contributed by atoms with van der Waals surface area (Å²) in [5.74, 6) is -0.596. The molecule has 0 bridgehead atoms. The molecule has 6 heteroatoms. The highest BCUT2D eigenvalue weighted by atomic mass is 35.5. The van der Waals surface area contributed by atoms with Crippen LogP contribution in [0.4, 0.5) is 10.1 Å². The number of amides is 1. The molecule has 1 amide bonds. The minimum Gasteiger partial charge on any atom is -0.361 e. The average Bonchev–Trinajstić information content (AvgIpc) is 2.86. The van der Waals surface area contributed by atoms with Gasteiger partial charge in [-0.3, -0.25) is 4.79 Å². The summed E-state index contributed by atoms with van der Waals surface area (Å²) < 4.78 is 13.3. The zero-order valence-corrected chi connectivity index (χ0v) is 12.8. The first-order chi connectivity index (χ1) is 10.5. The highest BCUT2D eigenvalue weighted by Gasteiger charge is 2.12. The fourth-order valence-corrected chi connectivity index (χ4v) is 2.61. The molecule has 0 fully saturated rings. The van der Waals surface area contributed by atoms with Crippen molar-refractivity contribution in [1.82, 2.24) is 4.98 Å². The summed E-state index contributed by atoms with van der Waals surface area (Å²) in [4.78, 5) is 15.2. The first-order valence-electron chi connectivity index (χ1n) is 6.54. The van der Waals surface area contributed by atoms with E-state index in [4.69, 9.17) is 23.2 Å². The first-order valence-corrected chi connectivity index (χ1v) is 7.29. The van der Waals surface area contributed by atoms with E-state index >= 15 is 0 Å². The molecule has 0 aliphatic carbocycles. The van der Waals surface area contributed by atoms with Crippen molar-refractivity contribution in [2.45, 2.75) is 6.42 Å². The monoisotopic (exact) mass is 336 g/mol. The predicted octanol–water partition coefficient (Wildman–Crippen LogP) is 4.80. The van der Waals surface area contributed by atoms with Crippen molar-refractivity contribution in [2.75, 3.05) is 5.32 Å². The van der Waals surface area contributed by atoms with Crippen molar-refractivity contribution >= 4 is 45.7 Å². The van der Waals surface area contributed by atoms with E-state index < -0.39 is 0 Å². The van der Waals surface area contributed by atoms with E-state index in [0.29, 0.717) is 26.7 Å². The minimum atomic E-state index is -0.341. The maximum Gasteiger partial charge on any atom is 0.228 e. The van der Waals surface area contributed by atoms with Crippen molar-refractivity contribution in [3.63, 3.8) is 0 Å². The van der Waals surface area contributed by atoms with E-state index in [0.717, 1.165) is 5.52 Å². The Morgan fingerprint density at radius 3 is 2.86 bits per heavy atom. The second kappa shape index (κ2) is 5.99. The molecule has 2 N–H and O–H groups in total. The van der Waals surface area contributed by atoms with Crippen LogP contribution in [0.3, 0.4) is 0 Å². The summed E-state index contributed by atoms with van der Waals surface area (Å²) in [5, 5.41) is 4.06. The number of aromatic nitrogens is 1. The molecule has 0 spiro atoms. The van der Waals surface area contributed by atoms with Gasteiger partial charge >= 0.3 is 0 Å². The number of carbonyl (C=O) groups excluding carboxylic acids is 1. The summed E-state index contributed by atoms with van der Waals surface area (Å²) in [6.07, 6.45) is 1.80. The van der Waals surface area contributed by atoms with Crippen LogP contribution in [0.15, 0.2) is 42.6 Å². The van der Waals surface area contributed by atoms with Crippen LogP contribution < -0.4 is 5.32 Å². The second-order valence-corrected chi connectivity index (χ2v) is 5.62. The summed E-state index contributed by atoms with van der Waals surface area (Å²) in [7, 11) is 0. The van der Waals surface area contributed by atoms with E-state index in [-0.39, 0.29) is 18.1 Å². The van der Waals surface area contributed by atoms with Gasteiger partial charge in [-0.05, 0) is 35.9 Å². The number of hydrogen-bond donors (Lipinski definition) is 2. The summed E-state index contributed by atoms with van der Waals surface area (Å²) in [6, 6.07) is 9.42. The van der Waals surface area contributed by atoms with Crippen LogP contribution in [-0.4, -0.2) is 10.9 Å². The first kappa shape index (κ1) is 14.9. The van der Waals surface area contributed by atoms with Gasteiger partial charge in [0.1, 0.15) is 5.82 Å². The van der Waals surface area contributed by atoms with Gasteiger partial charge in [0.05, 0.1) is 22.2 Å². The molecule has 0 saturated heterocycles. The molecular weight excluding hydrogens is 326 g/mol. The van der Waals surface area contributed by atoms with E-state index in [9.17, 15) is 9.18 Å². The van der Waals surface area contributed by atoms with E-state index in [1.54, 1.807) is 30.5 Å². The number of anilines is 1. The molecule has 3 nitrogen and oxygen atoms in total. The molecule has 0 aliphatic rings. The summed E-state index contributed by atoms with van der Waals surface area (Å²) in [6.45, 7) is 0. The second-order valence-electron chi connectivity index (χ2n) is 4.83. The predicted molar refractivity (Wildman–Crippen MR) is 87.1 cm³/mol. The Morgan fingerprint density at radius 2 is 2.05 bits per heavy atom. The normalized spacial score (nSPS) is 10.9. The van der Waals surface area contributed by atoms with Crippen LogP contribution in [0.25, 0.3) is 10.9 Å². The molecule has 0 atom stereocenters. The lowest BCUT2D eigenvalue weighted by molar-refractivity contribution is -0.115. The molecule has 3 rings (SSSR count). The lowest BCUT2D eigenvalue weighted by atomic mass is 10.1. The Hall–Kier alpha value is -2.04.